The summed E-state index contributed by atoms with van der Waals surface area (Å²) in [5.74, 6) is 0. The summed E-state index contributed by atoms with van der Waals surface area (Å²) in [6.07, 6.45) is 3.44. The lowest BCUT2D eigenvalue weighted by molar-refractivity contribution is 0.412. The largest absolute Gasteiger partial charge is 0.343 e. The fourth-order valence-corrected chi connectivity index (χ4v) is 2.95. The van der Waals surface area contributed by atoms with E-state index in [9.17, 15) is 0 Å². The summed E-state index contributed by atoms with van der Waals surface area (Å²) < 4.78 is 2.38. The van der Waals surface area contributed by atoms with Crippen LogP contribution in [0.5, 0.6) is 0 Å². The van der Waals surface area contributed by atoms with Gasteiger partial charge in [0, 0.05) is 23.6 Å². The van der Waals surface area contributed by atoms with Crippen molar-refractivity contribution in [3.05, 3.63) is 71.9 Å². The summed E-state index contributed by atoms with van der Waals surface area (Å²) >= 11 is 0. The fourth-order valence-electron chi connectivity index (χ4n) is 2.95. The molecule has 3 aromatic rings. The number of rotatable bonds is 3. The number of aromatic nitrogens is 1. The Bertz CT molecular complexity index is 729. The van der Waals surface area contributed by atoms with Gasteiger partial charge in [-0.2, -0.15) is 0 Å². The molecule has 3 rings (SSSR count). The second kappa shape index (κ2) is 5.40. The van der Waals surface area contributed by atoms with Crippen LogP contribution in [0.2, 0.25) is 0 Å². The van der Waals surface area contributed by atoms with Gasteiger partial charge in [-0.3, -0.25) is 0 Å². The monoisotopic (exact) mass is 277 g/mol. The standard InChI is InChI=1S/C20H23N/c1-20(2,3)13-17-15-21(14-16-9-5-4-6-10-16)19-12-8-7-11-18(17)19/h4-12,15H,13-14H2,1-3H3. The van der Waals surface area contributed by atoms with Crippen molar-refractivity contribution in [1.82, 2.24) is 4.57 Å². The van der Waals surface area contributed by atoms with E-state index in [0.29, 0.717) is 5.41 Å². The predicted octanol–water partition coefficient (Wildman–Crippen LogP) is 5.28. The minimum atomic E-state index is 0.307. The Balaban J connectivity index is 2.03. The van der Waals surface area contributed by atoms with Crippen molar-refractivity contribution in [2.24, 2.45) is 5.41 Å². The maximum absolute atomic E-state index is 2.38. The van der Waals surface area contributed by atoms with Crippen LogP contribution in [-0.4, -0.2) is 4.57 Å². The van der Waals surface area contributed by atoms with Crippen LogP contribution in [-0.2, 0) is 13.0 Å². The zero-order chi connectivity index (χ0) is 14.9. The molecular formula is C20H23N. The molecule has 1 heteroatoms. The third kappa shape index (κ3) is 3.18. The summed E-state index contributed by atoms with van der Waals surface area (Å²) in [6.45, 7) is 7.84. The molecule has 0 amide bonds. The first-order valence-electron chi connectivity index (χ1n) is 7.64. The molecule has 0 aliphatic carbocycles. The molecule has 108 valence electrons. The molecular weight excluding hydrogens is 254 g/mol. The second-order valence-corrected chi connectivity index (χ2v) is 7.02. The summed E-state index contributed by atoms with van der Waals surface area (Å²) in [6, 6.07) is 19.4. The first kappa shape index (κ1) is 13.9. The van der Waals surface area contributed by atoms with E-state index >= 15 is 0 Å². The smallest absolute Gasteiger partial charge is 0.0486 e. The van der Waals surface area contributed by atoms with Crippen molar-refractivity contribution >= 4 is 10.9 Å². The van der Waals surface area contributed by atoms with Crippen molar-refractivity contribution in [3.8, 4) is 0 Å². The molecule has 0 bridgehead atoms. The maximum Gasteiger partial charge on any atom is 0.0486 e. The van der Waals surface area contributed by atoms with Gasteiger partial charge in [0.2, 0.25) is 0 Å². The van der Waals surface area contributed by atoms with E-state index in [1.165, 1.54) is 22.0 Å². The Morgan fingerprint density at radius 1 is 0.857 bits per heavy atom. The van der Waals surface area contributed by atoms with Gasteiger partial charge in [-0.1, -0.05) is 69.3 Å². The van der Waals surface area contributed by atoms with Crippen molar-refractivity contribution in [2.75, 3.05) is 0 Å². The van der Waals surface area contributed by atoms with Gasteiger partial charge in [-0.25, -0.2) is 0 Å². The highest BCUT2D eigenvalue weighted by molar-refractivity contribution is 5.84. The highest BCUT2D eigenvalue weighted by Gasteiger charge is 2.16. The molecule has 0 N–H and O–H groups in total. The average molecular weight is 277 g/mol. The first-order valence-corrected chi connectivity index (χ1v) is 7.64. The van der Waals surface area contributed by atoms with Crippen LogP contribution in [0.15, 0.2) is 60.8 Å². The molecule has 0 aliphatic heterocycles. The number of nitrogens with zero attached hydrogens (tertiary/aromatic N) is 1. The number of benzene rings is 2. The summed E-state index contributed by atoms with van der Waals surface area (Å²) in [5, 5.41) is 1.39. The Morgan fingerprint density at radius 2 is 1.52 bits per heavy atom. The van der Waals surface area contributed by atoms with Gasteiger partial charge in [0.05, 0.1) is 0 Å². The van der Waals surface area contributed by atoms with Crippen molar-refractivity contribution in [3.63, 3.8) is 0 Å². The molecule has 21 heavy (non-hydrogen) atoms. The Labute approximate surface area is 127 Å². The summed E-state index contributed by atoms with van der Waals surface area (Å²) in [5.41, 5.74) is 4.44. The van der Waals surface area contributed by atoms with E-state index in [2.05, 4.69) is 86.1 Å². The molecule has 0 unspecified atom stereocenters. The number of para-hydroxylation sites is 1. The Morgan fingerprint density at radius 3 is 2.24 bits per heavy atom. The van der Waals surface area contributed by atoms with Crippen LogP contribution in [0.1, 0.15) is 31.9 Å². The van der Waals surface area contributed by atoms with Crippen molar-refractivity contribution in [2.45, 2.75) is 33.7 Å². The van der Waals surface area contributed by atoms with Gasteiger partial charge in [0.1, 0.15) is 0 Å². The topological polar surface area (TPSA) is 4.93 Å². The van der Waals surface area contributed by atoms with Crippen LogP contribution in [0.3, 0.4) is 0 Å². The van der Waals surface area contributed by atoms with Crippen LogP contribution < -0.4 is 0 Å². The lowest BCUT2D eigenvalue weighted by Gasteiger charge is -2.17. The molecule has 0 atom stereocenters. The van der Waals surface area contributed by atoms with Crippen molar-refractivity contribution in [1.29, 1.82) is 0 Å². The fraction of sp³-hybridized carbons (Fsp3) is 0.300. The molecule has 2 aromatic carbocycles. The number of hydrogen-bond acceptors (Lipinski definition) is 0. The molecule has 0 spiro atoms. The van der Waals surface area contributed by atoms with E-state index in [1.54, 1.807) is 0 Å². The van der Waals surface area contributed by atoms with Gasteiger partial charge < -0.3 is 4.57 Å². The van der Waals surface area contributed by atoms with Gasteiger partial charge in [-0.15, -0.1) is 0 Å². The minimum absolute atomic E-state index is 0.307. The molecule has 1 aromatic heterocycles. The van der Waals surface area contributed by atoms with E-state index in [-0.39, 0.29) is 0 Å². The van der Waals surface area contributed by atoms with E-state index in [4.69, 9.17) is 0 Å². The number of hydrogen-bond donors (Lipinski definition) is 0. The summed E-state index contributed by atoms with van der Waals surface area (Å²) in [4.78, 5) is 0. The van der Waals surface area contributed by atoms with Crippen molar-refractivity contribution < 1.29 is 0 Å². The predicted molar refractivity (Wildman–Crippen MR) is 90.6 cm³/mol. The lowest BCUT2D eigenvalue weighted by atomic mass is 9.88. The third-order valence-electron chi connectivity index (χ3n) is 3.79. The van der Waals surface area contributed by atoms with Crippen LogP contribution in [0.4, 0.5) is 0 Å². The molecule has 0 radical (unpaired) electrons. The van der Waals surface area contributed by atoms with E-state index < -0.39 is 0 Å². The zero-order valence-corrected chi connectivity index (χ0v) is 13.1. The molecule has 1 nitrogen and oxygen atoms in total. The maximum atomic E-state index is 2.38. The minimum Gasteiger partial charge on any atom is -0.343 e. The lowest BCUT2D eigenvalue weighted by Crippen LogP contribution is -2.08. The van der Waals surface area contributed by atoms with Gasteiger partial charge >= 0.3 is 0 Å². The Hall–Kier alpha value is -2.02. The average Bonchev–Trinajstić information content (AvgIpc) is 2.77. The normalized spacial score (nSPS) is 12.0. The SMILES string of the molecule is CC(C)(C)Cc1cn(Cc2ccccc2)c2ccccc12. The first-order chi connectivity index (χ1) is 10.0. The molecule has 0 saturated carbocycles. The Kier molecular flexibility index (Phi) is 3.59. The molecule has 0 saturated heterocycles. The number of fused-ring (bicyclic) bond motifs is 1. The van der Waals surface area contributed by atoms with Crippen LogP contribution >= 0.6 is 0 Å². The van der Waals surface area contributed by atoms with Crippen LogP contribution in [0.25, 0.3) is 10.9 Å². The molecule has 0 aliphatic rings. The van der Waals surface area contributed by atoms with E-state index in [0.717, 1.165) is 13.0 Å². The third-order valence-corrected chi connectivity index (χ3v) is 3.79. The van der Waals surface area contributed by atoms with Gasteiger partial charge in [0.15, 0.2) is 0 Å². The molecule has 1 heterocycles. The highest BCUT2D eigenvalue weighted by atomic mass is 15.0. The second-order valence-electron chi connectivity index (χ2n) is 7.02. The van der Waals surface area contributed by atoms with Gasteiger partial charge in [-0.05, 0) is 29.0 Å². The van der Waals surface area contributed by atoms with Crippen LogP contribution in [0, 0.1) is 5.41 Å². The van der Waals surface area contributed by atoms with E-state index in [1.807, 2.05) is 0 Å². The zero-order valence-electron chi connectivity index (χ0n) is 13.1. The highest BCUT2D eigenvalue weighted by Crippen LogP contribution is 2.28. The molecule has 0 fully saturated rings. The quantitative estimate of drug-likeness (QED) is 0.614. The summed E-state index contributed by atoms with van der Waals surface area (Å²) in [7, 11) is 0. The van der Waals surface area contributed by atoms with Gasteiger partial charge in [0.25, 0.3) is 0 Å².